The van der Waals surface area contributed by atoms with E-state index in [1.165, 1.54) is 6.07 Å². The Kier molecular flexibility index (Phi) is 11.2. The van der Waals surface area contributed by atoms with Gasteiger partial charge in [-0.1, -0.05) is 29.3 Å². The van der Waals surface area contributed by atoms with Crippen molar-refractivity contribution < 1.29 is 10.2 Å². The summed E-state index contributed by atoms with van der Waals surface area (Å²) < 4.78 is 0. The summed E-state index contributed by atoms with van der Waals surface area (Å²) in [4.78, 5) is 0. The van der Waals surface area contributed by atoms with Crippen LogP contribution in [0.4, 0.5) is 0 Å². The summed E-state index contributed by atoms with van der Waals surface area (Å²) in [5, 5.41) is 17.0. The number of rotatable bonds is 0. The fourth-order valence-corrected chi connectivity index (χ4v) is 0.788. The molecule has 5 heteroatoms. The van der Waals surface area contributed by atoms with Crippen molar-refractivity contribution in [2.45, 2.75) is 6.92 Å². The Morgan fingerprint density at radius 1 is 1.31 bits per heavy atom. The summed E-state index contributed by atoms with van der Waals surface area (Å²) >= 11 is 11.0. The van der Waals surface area contributed by atoms with Crippen LogP contribution in [0.2, 0.25) is 10.0 Å². The third-order valence-corrected chi connectivity index (χ3v) is 1.74. The fourth-order valence-electron chi connectivity index (χ4n) is 0.492. The zero-order valence-electron chi connectivity index (χ0n) is 6.59. The number of phenols is 1. The molecule has 2 nitrogen and oxygen atoms in total. The molecule has 0 fully saturated rings. The van der Waals surface area contributed by atoms with Crippen LogP contribution in [0.15, 0.2) is 18.2 Å². The van der Waals surface area contributed by atoms with E-state index < -0.39 is 0 Å². The minimum absolute atomic E-state index is 0. The van der Waals surface area contributed by atoms with Gasteiger partial charge in [0.1, 0.15) is 10.8 Å². The van der Waals surface area contributed by atoms with Crippen LogP contribution in [0.25, 0.3) is 0 Å². The van der Waals surface area contributed by atoms with Crippen LogP contribution >= 0.6 is 23.2 Å². The zero-order valence-corrected chi connectivity index (χ0v) is 8.10. The molecule has 1 aromatic carbocycles. The molecular formula is C8H11Cl2NaO2. The molecule has 0 atom stereocenters. The van der Waals surface area contributed by atoms with Gasteiger partial charge in [0.05, 0.1) is 5.02 Å². The monoisotopic (exact) mass is 232 g/mol. The fraction of sp³-hybridized carbons (Fsp3) is 0.250. The number of aliphatic hydroxyl groups is 1. The molecule has 0 amide bonds. The van der Waals surface area contributed by atoms with E-state index in [2.05, 4.69) is 0 Å². The molecule has 0 aromatic heterocycles. The van der Waals surface area contributed by atoms with Gasteiger partial charge >= 0.3 is 29.6 Å². The van der Waals surface area contributed by atoms with Crippen molar-refractivity contribution in [2.75, 3.05) is 6.61 Å². The Bertz CT molecular complexity index is 223. The third-order valence-electron chi connectivity index (χ3n) is 0.931. The van der Waals surface area contributed by atoms with Crippen LogP contribution in [-0.2, 0) is 0 Å². The van der Waals surface area contributed by atoms with Crippen molar-refractivity contribution >= 4 is 52.8 Å². The molecule has 0 saturated carbocycles. The van der Waals surface area contributed by atoms with Crippen molar-refractivity contribution in [1.82, 2.24) is 0 Å². The maximum atomic E-state index is 8.88. The van der Waals surface area contributed by atoms with E-state index >= 15 is 0 Å². The molecule has 0 aliphatic rings. The molecule has 0 aliphatic heterocycles. The molecule has 70 valence electrons. The molecule has 2 N–H and O–H groups in total. The first kappa shape index (κ1) is 16.0. The van der Waals surface area contributed by atoms with Gasteiger partial charge in [0.2, 0.25) is 0 Å². The average molecular weight is 233 g/mol. The second kappa shape index (κ2) is 9.13. The predicted octanol–water partition coefficient (Wildman–Crippen LogP) is 2.05. The standard InChI is InChI=1S/C6H4Cl2O.C2H6O.Na.H/c7-4-2-1-3-5(9)6(4)8;1-2-3;;/h1-3,9H;3H,2H2,1H3;;. The van der Waals surface area contributed by atoms with Gasteiger partial charge in [-0.05, 0) is 19.1 Å². The molecule has 0 unspecified atom stereocenters. The van der Waals surface area contributed by atoms with Gasteiger partial charge in [-0.15, -0.1) is 0 Å². The summed E-state index contributed by atoms with van der Waals surface area (Å²) in [6.07, 6.45) is 0. The number of phenolic OH excluding ortho intramolecular Hbond substituents is 1. The van der Waals surface area contributed by atoms with Crippen LogP contribution in [0.1, 0.15) is 6.92 Å². The van der Waals surface area contributed by atoms with E-state index in [0.717, 1.165) is 0 Å². The van der Waals surface area contributed by atoms with Crippen molar-refractivity contribution in [3.8, 4) is 5.75 Å². The predicted molar refractivity (Wildman–Crippen MR) is 58.0 cm³/mol. The molecule has 1 rings (SSSR count). The summed E-state index contributed by atoms with van der Waals surface area (Å²) in [6, 6.07) is 4.72. The van der Waals surface area contributed by atoms with Crippen LogP contribution in [0.3, 0.4) is 0 Å². The van der Waals surface area contributed by atoms with Crippen molar-refractivity contribution in [3.63, 3.8) is 0 Å². The minimum atomic E-state index is 0. The maximum absolute atomic E-state index is 8.88. The first-order chi connectivity index (χ1) is 5.63. The number of hydrogen-bond donors (Lipinski definition) is 2. The van der Waals surface area contributed by atoms with E-state index in [1.54, 1.807) is 19.1 Å². The Balaban J connectivity index is 0. The first-order valence-electron chi connectivity index (χ1n) is 3.37. The normalized spacial score (nSPS) is 8.00. The van der Waals surface area contributed by atoms with Crippen LogP contribution < -0.4 is 0 Å². The second-order valence-electron chi connectivity index (χ2n) is 1.89. The van der Waals surface area contributed by atoms with Gasteiger partial charge in [0, 0.05) is 6.61 Å². The first-order valence-corrected chi connectivity index (χ1v) is 4.12. The Labute approximate surface area is 110 Å². The number of aromatic hydroxyl groups is 1. The van der Waals surface area contributed by atoms with Gasteiger partial charge in [-0.2, -0.15) is 0 Å². The number of benzene rings is 1. The van der Waals surface area contributed by atoms with E-state index in [9.17, 15) is 0 Å². The molecule has 0 aliphatic carbocycles. The molecule has 0 bridgehead atoms. The molecule has 0 spiro atoms. The number of halogens is 2. The van der Waals surface area contributed by atoms with Gasteiger partial charge in [0.25, 0.3) is 0 Å². The molecular weight excluding hydrogens is 222 g/mol. The van der Waals surface area contributed by atoms with Crippen LogP contribution in [0.5, 0.6) is 5.75 Å². The Morgan fingerprint density at radius 2 is 1.77 bits per heavy atom. The molecule has 13 heavy (non-hydrogen) atoms. The quantitative estimate of drug-likeness (QED) is 0.673. The van der Waals surface area contributed by atoms with Crippen molar-refractivity contribution in [3.05, 3.63) is 28.2 Å². The third kappa shape index (κ3) is 6.61. The van der Waals surface area contributed by atoms with Crippen LogP contribution in [0, 0.1) is 0 Å². The van der Waals surface area contributed by atoms with E-state index in [-0.39, 0.29) is 46.9 Å². The summed E-state index contributed by atoms with van der Waals surface area (Å²) in [5.74, 6) is 0.0177. The van der Waals surface area contributed by atoms with Crippen molar-refractivity contribution in [2.24, 2.45) is 0 Å². The Morgan fingerprint density at radius 3 is 2.08 bits per heavy atom. The van der Waals surface area contributed by atoms with Gasteiger partial charge in [-0.3, -0.25) is 0 Å². The molecule has 0 heterocycles. The number of aliphatic hydroxyl groups excluding tert-OH is 1. The zero-order chi connectivity index (χ0) is 9.56. The van der Waals surface area contributed by atoms with Gasteiger partial charge < -0.3 is 10.2 Å². The summed E-state index contributed by atoms with van der Waals surface area (Å²) in [5.41, 5.74) is 0. The summed E-state index contributed by atoms with van der Waals surface area (Å²) in [7, 11) is 0. The van der Waals surface area contributed by atoms with E-state index in [0.29, 0.717) is 5.02 Å². The molecule has 1 aromatic rings. The SMILES string of the molecule is CCO.Oc1cccc(Cl)c1Cl.[NaH]. The molecule has 0 radical (unpaired) electrons. The van der Waals surface area contributed by atoms with Gasteiger partial charge in [-0.25, -0.2) is 0 Å². The topological polar surface area (TPSA) is 40.5 Å². The summed E-state index contributed by atoms with van der Waals surface area (Å²) in [6.45, 7) is 1.93. The average Bonchev–Trinajstić information content (AvgIpc) is 2.02. The number of hydrogen-bond acceptors (Lipinski definition) is 2. The van der Waals surface area contributed by atoms with Gasteiger partial charge in [0.15, 0.2) is 0 Å². The van der Waals surface area contributed by atoms with E-state index in [4.69, 9.17) is 33.4 Å². The Hall–Kier alpha value is 0.560. The van der Waals surface area contributed by atoms with Crippen molar-refractivity contribution in [1.29, 1.82) is 0 Å². The molecule has 0 saturated heterocycles. The van der Waals surface area contributed by atoms with E-state index in [1.807, 2.05) is 0 Å². The second-order valence-corrected chi connectivity index (χ2v) is 2.67. The van der Waals surface area contributed by atoms with Crippen LogP contribution in [-0.4, -0.2) is 46.4 Å².